The highest BCUT2D eigenvalue weighted by atomic mass is 35.5. The molecule has 3 atom stereocenters. The Morgan fingerprint density at radius 2 is 2.00 bits per heavy atom. The molecule has 2 rings (SSSR count). The Kier molecular flexibility index (Phi) is 3.43. The second kappa shape index (κ2) is 3.94. The van der Waals surface area contributed by atoms with Crippen LogP contribution in [-0.4, -0.2) is 31.9 Å². The fourth-order valence-electron chi connectivity index (χ4n) is 2.62. The van der Waals surface area contributed by atoms with Crippen molar-refractivity contribution in [3.8, 4) is 0 Å². The first-order valence-electron chi connectivity index (χ1n) is 4.52. The van der Waals surface area contributed by atoms with Gasteiger partial charge in [-0.3, -0.25) is 0 Å². The molecule has 4 N–H and O–H groups in total. The van der Waals surface area contributed by atoms with Crippen molar-refractivity contribution in [1.82, 2.24) is 4.31 Å². The molecule has 0 aromatic heterocycles. The maximum Gasteiger partial charge on any atom is 0.277 e. The first-order valence-corrected chi connectivity index (χ1v) is 6.02. The van der Waals surface area contributed by atoms with Crippen molar-refractivity contribution in [3.05, 3.63) is 0 Å². The molecule has 5 nitrogen and oxygen atoms in total. The molecule has 1 aliphatic heterocycles. The van der Waals surface area contributed by atoms with Gasteiger partial charge >= 0.3 is 0 Å². The highest BCUT2D eigenvalue weighted by Crippen LogP contribution is 2.42. The molecule has 0 aromatic rings. The molecule has 0 amide bonds. The number of hydrogen-bond donors (Lipinski definition) is 2. The predicted octanol–water partition coefficient (Wildman–Crippen LogP) is -0.719. The number of fused-ring (bicyclic) bond motifs is 2. The second-order valence-electron chi connectivity index (χ2n) is 4.00. The van der Waals surface area contributed by atoms with E-state index in [0.717, 1.165) is 12.8 Å². The van der Waals surface area contributed by atoms with Gasteiger partial charge in [0.15, 0.2) is 0 Å². The van der Waals surface area contributed by atoms with Crippen molar-refractivity contribution < 1.29 is 8.42 Å². The number of rotatable bonds is 2. The zero-order valence-electron chi connectivity index (χ0n) is 7.80. The number of nitrogens with two attached hydrogens (primary N) is 2. The molecule has 0 spiro atoms. The number of piperidine rings is 1. The van der Waals surface area contributed by atoms with Crippen LogP contribution >= 0.6 is 12.4 Å². The molecule has 2 aliphatic rings. The molecule has 7 heteroatoms. The monoisotopic (exact) mass is 241 g/mol. The summed E-state index contributed by atoms with van der Waals surface area (Å²) < 4.78 is 23.6. The average Bonchev–Trinajstić information content (AvgIpc) is 2.59. The zero-order valence-corrected chi connectivity index (χ0v) is 9.43. The van der Waals surface area contributed by atoms with E-state index in [-0.39, 0.29) is 18.4 Å². The van der Waals surface area contributed by atoms with E-state index < -0.39 is 10.2 Å². The number of hydrogen-bond acceptors (Lipinski definition) is 3. The third-order valence-corrected chi connectivity index (χ3v) is 4.37. The molecule has 1 aliphatic carbocycles. The fraction of sp³-hybridized carbons (Fsp3) is 1.00. The van der Waals surface area contributed by atoms with Crippen LogP contribution in [-0.2, 0) is 10.2 Å². The summed E-state index contributed by atoms with van der Waals surface area (Å²) >= 11 is 0. The number of nitrogens with zero attached hydrogens (tertiary/aromatic N) is 1. The predicted molar refractivity (Wildman–Crippen MR) is 56.1 cm³/mol. The lowest BCUT2D eigenvalue weighted by Crippen LogP contribution is -2.44. The van der Waals surface area contributed by atoms with Crippen molar-refractivity contribution in [3.63, 3.8) is 0 Å². The van der Waals surface area contributed by atoms with Crippen LogP contribution in [0.15, 0.2) is 0 Å². The zero-order chi connectivity index (χ0) is 9.64. The summed E-state index contributed by atoms with van der Waals surface area (Å²) in [5, 5.41) is 5.08. The van der Waals surface area contributed by atoms with Gasteiger partial charge in [-0.05, 0) is 31.2 Å². The quantitative estimate of drug-likeness (QED) is 0.669. The van der Waals surface area contributed by atoms with Crippen LogP contribution in [0.1, 0.15) is 12.8 Å². The maximum atomic E-state index is 11.1. The van der Waals surface area contributed by atoms with Gasteiger partial charge in [-0.15, -0.1) is 12.4 Å². The second-order valence-corrected chi connectivity index (χ2v) is 5.49. The van der Waals surface area contributed by atoms with E-state index in [0.29, 0.717) is 24.9 Å². The smallest absolute Gasteiger partial charge is 0.277 e. The lowest BCUT2D eigenvalue weighted by Gasteiger charge is -2.28. The SMILES string of the molecule is Cl.NC[C@@H]1CC2C[C@H]1CN2S(N)(=O)=O. The summed E-state index contributed by atoms with van der Waals surface area (Å²) in [4.78, 5) is 0. The van der Waals surface area contributed by atoms with Crippen molar-refractivity contribution in [2.45, 2.75) is 18.9 Å². The standard InChI is InChI=1S/C7H15N3O2S.ClH/c8-3-5-1-7-2-6(5)4-10(7)13(9,11)12;/h5-7H,1-4,8H2,(H2,9,11,12);1H/t5-,6-,7?;/m0./s1. The molecule has 2 bridgehead atoms. The Morgan fingerprint density at radius 3 is 2.36 bits per heavy atom. The minimum atomic E-state index is -3.47. The Morgan fingerprint density at radius 1 is 1.36 bits per heavy atom. The Balaban J connectivity index is 0.000000980. The lowest BCUT2D eigenvalue weighted by atomic mass is 9.96. The number of halogens is 1. The third-order valence-electron chi connectivity index (χ3n) is 3.27. The molecular formula is C7H16ClN3O2S. The Bertz CT molecular complexity index is 308. The minimum absolute atomic E-state index is 0. The van der Waals surface area contributed by atoms with E-state index in [2.05, 4.69) is 0 Å². The summed E-state index contributed by atoms with van der Waals surface area (Å²) in [6.45, 7) is 1.24. The molecule has 2 fully saturated rings. The van der Waals surface area contributed by atoms with Gasteiger partial charge in [0, 0.05) is 12.6 Å². The summed E-state index contributed by atoms with van der Waals surface area (Å²) in [6.07, 6.45) is 1.83. The Hall–Kier alpha value is 0.120. The van der Waals surface area contributed by atoms with Gasteiger partial charge in [0.2, 0.25) is 0 Å². The van der Waals surface area contributed by atoms with E-state index in [1.165, 1.54) is 4.31 Å². The molecule has 1 heterocycles. The van der Waals surface area contributed by atoms with Gasteiger partial charge in [-0.2, -0.15) is 12.7 Å². The largest absolute Gasteiger partial charge is 0.330 e. The first-order chi connectivity index (χ1) is 6.02. The van der Waals surface area contributed by atoms with Crippen molar-refractivity contribution in [1.29, 1.82) is 0 Å². The van der Waals surface area contributed by atoms with Gasteiger partial charge in [0.25, 0.3) is 10.2 Å². The normalized spacial score (nSPS) is 37.1. The van der Waals surface area contributed by atoms with E-state index in [1.54, 1.807) is 0 Å². The summed E-state index contributed by atoms with van der Waals surface area (Å²) in [6, 6.07) is 0.119. The van der Waals surface area contributed by atoms with Crippen LogP contribution in [0.25, 0.3) is 0 Å². The van der Waals surface area contributed by atoms with Crippen LogP contribution in [0.5, 0.6) is 0 Å². The molecule has 1 saturated carbocycles. The van der Waals surface area contributed by atoms with Crippen molar-refractivity contribution >= 4 is 22.6 Å². The summed E-state index contributed by atoms with van der Waals surface area (Å²) in [7, 11) is -3.47. The maximum absolute atomic E-state index is 11.1. The van der Waals surface area contributed by atoms with Gasteiger partial charge < -0.3 is 5.73 Å². The van der Waals surface area contributed by atoms with Gasteiger partial charge in [-0.1, -0.05) is 0 Å². The molecular weight excluding hydrogens is 226 g/mol. The van der Waals surface area contributed by atoms with Crippen LogP contribution in [0.2, 0.25) is 0 Å². The van der Waals surface area contributed by atoms with E-state index in [4.69, 9.17) is 10.9 Å². The molecule has 1 unspecified atom stereocenters. The highest BCUT2D eigenvalue weighted by Gasteiger charge is 2.47. The lowest BCUT2D eigenvalue weighted by molar-refractivity contribution is 0.268. The molecule has 0 radical (unpaired) electrons. The van der Waals surface area contributed by atoms with Gasteiger partial charge in [0.1, 0.15) is 0 Å². The van der Waals surface area contributed by atoms with Crippen LogP contribution in [0.4, 0.5) is 0 Å². The first kappa shape index (κ1) is 12.2. The van der Waals surface area contributed by atoms with Crippen LogP contribution < -0.4 is 10.9 Å². The van der Waals surface area contributed by atoms with Crippen molar-refractivity contribution in [2.24, 2.45) is 22.7 Å². The minimum Gasteiger partial charge on any atom is -0.330 e. The van der Waals surface area contributed by atoms with Gasteiger partial charge in [-0.25, -0.2) is 5.14 Å². The molecule has 14 heavy (non-hydrogen) atoms. The van der Waals surface area contributed by atoms with E-state index in [9.17, 15) is 8.42 Å². The van der Waals surface area contributed by atoms with Crippen molar-refractivity contribution in [2.75, 3.05) is 13.1 Å². The fourth-order valence-corrected chi connectivity index (χ4v) is 3.61. The Labute approximate surface area is 90.4 Å². The summed E-state index contributed by atoms with van der Waals surface area (Å²) in [5.74, 6) is 0.941. The van der Waals surface area contributed by atoms with Gasteiger partial charge in [0.05, 0.1) is 0 Å². The average molecular weight is 242 g/mol. The van der Waals surface area contributed by atoms with E-state index >= 15 is 0 Å². The molecule has 0 aromatic carbocycles. The van der Waals surface area contributed by atoms with E-state index in [1.807, 2.05) is 0 Å². The van der Waals surface area contributed by atoms with Crippen LogP contribution in [0, 0.1) is 11.8 Å². The topological polar surface area (TPSA) is 89.4 Å². The summed E-state index contributed by atoms with van der Waals surface area (Å²) in [5.41, 5.74) is 5.58. The highest BCUT2D eigenvalue weighted by molar-refractivity contribution is 7.86. The van der Waals surface area contributed by atoms with Crippen LogP contribution in [0.3, 0.4) is 0 Å². The third kappa shape index (κ3) is 1.90. The molecule has 84 valence electrons. The molecule has 1 saturated heterocycles.